The van der Waals surface area contributed by atoms with Gasteiger partial charge in [-0.05, 0) is 100 Å². The van der Waals surface area contributed by atoms with E-state index in [4.69, 9.17) is 0 Å². The number of benzene rings is 9. The first-order valence-corrected chi connectivity index (χ1v) is 20.6. The van der Waals surface area contributed by atoms with Crippen LogP contribution in [0.5, 0.6) is 0 Å². The maximum Gasteiger partial charge on any atom is 0.332 e. The second-order valence-corrected chi connectivity index (χ2v) is 16.2. The summed E-state index contributed by atoms with van der Waals surface area (Å²) >= 11 is 0. The van der Waals surface area contributed by atoms with Crippen molar-refractivity contribution in [2.24, 2.45) is 0 Å². The Balaban J connectivity index is 1.33. The van der Waals surface area contributed by atoms with Gasteiger partial charge in [0, 0.05) is 49.4 Å². The summed E-state index contributed by atoms with van der Waals surface area (Å²) < 4.78 is 5.29. The molecular formula is C56H39BN2. The van der Waals surface area contributed by atoms with Crippen LogP contribution in [0.15, 0.2) is 200 Å². The first kappa shape index (κ1) is 33.8. The Hall–Kier alpha value is -7.36. The van der Waals surface area contributed by atoms with Crippen LogP contribution < -0.4 is 10.9 Å². The highest BCUT2D eigenvalue weighted by molar-refractivity contribution is 6.88. The molecule has 0 radical (unpaired) electrons. The van der Waals surface area contributed by atoms with Crippen molar-refractivity contribution < 1.29 is 0 Å². The lowest BCUT2D eigenvalue weighted by atomic mass is 9.47. The minimum Gasteiger partial charge on any atom is -0.375 e. The molecule has 0 atom stereocenters. The van der Waals surface area contributed by atoms with Gasteiger partial charge < -0.3 is 9.05 Å². The van der Waals surface area contributed by atoms with Crippen LogP contribution in [0.2, 0.25) is 0 Å². The Morgan fingerprint density at radius 2 is 0.864 bits per heavy atom. The molecule has 1 aliphatic rings. The van der Waals surface area contributed by atoms with Crippen molar-refractivity contribution in [1.82, 2.24) is 9.05 Å². The van der Waals surface area contributed by atoms with Gasteiger partial charge in [-0.25, -0.2) is 0 Å². The monoisotopic (exact) mass is 750 g/mol. The van der Waals surface area contributed by atoms with Crippen molar-refractivity contribution in [3.8, 4) is 50.2 Å². The first-order chi connectivity index (χ1) is 29.1. The fourth-order valence-electron chi connectivity index (χ4n) is 10.1. The molecule has 11 aromatic rings. The highest BCUT2D eigenvalue weighted by atomic mass is 15.0. The molecule has 0 saturated carbocycles. The summed E-state index contributed by atoms with van der Waals surface area (Å²) in [6.07, 6.45) is 0. The quantitative estimate of drug-likeness (QED) is 0.155. The Labute approximate surface area is 344 Å². The molecule has 0 N–H and O–H groups in total. The standard InChI is InChI=1S/C56H39BN2/c1-36-27-29-44-45-30-28-37(2)53-56(45)58(52(44)31-36)51-26-16-15-25-50(51)57(53)59-54-46(40-21-11-5-12-22-40)32-42(38-17-7-3-8-18-38)34-48(54)49-35-43(39-19-9-4-10-20-39)33-47(55(49)59)41-23-13-6-14-24-41/h3-35H,1-2H3. The minimum atomic E-state index is -0.122. The summed E-state index contributed by atoms with van der Waals surface area (Å²) in [5.74, 6) is 0. The molecular weight excluding hydrogens is 711 g/mol. The fourth-order valence-corrected chi connectivity index (χ4v) is 10.1. The van der Waals surface area contributed by atoms with E-state index in [9.17, 15) is 0 Å². The number of aryl methyl sites for hydroxylation is 2. The zero-order valence-corrected chi connectivity index (χ0v) is 33.0. The summed E-state index contributed by atoms with van der Waals surface area (Å²) in [5.41, 5.74) is 21.2. The number of nitrogens with zero attached hydrogens (tertiary/aromatic N) is 2. The molecule has 0 saturated heterocycles. The van der Waals surface area contributed by atoms with Crippen molar-refractivity contribution >= 4 is 61.4 Å². The van der Waals surface area contributed by atoms with Gasteiger partial charge in [-0.2, -0.15) is 0 Å². The van der Waals surface area contributed by atoms with E-state index in [2.05, 4.69) is 223 Å². The smallest absolute Gasteiger partial charge is 0.332 e. The molecule has 0 fully saturated rings. The predicted octanol–water partition coefficient (Wildman–Crippen LogP) is 13.1. The Morgan fingerprint density at radius 1 is 0.373 bits per heavy atom. The topological polar surface area (TPSA) is 9.86 Å². The van der Waals surface area contributed by atoms with E-state index in [1.165, 1.54) is 116 Å². The normalized spacial score (nSPS) is 12.2. The Morgan fingerprint density at radius 3 is 1.42 bits per heavy atom. The van der Waals surface area contributed by atoms with Gasteiger partial charge in [-0.3, -0.25) is 0 Å². The number of aromatic nitrogens is 2. The Bertz CT molecular complexity index is 3290. The fraction of sp³-hybridized carbons (Fsp3) is 0.0357. The van der Waals surface area contributed by atoms with Crippen LogP contribution in [0, 0.1) is 13.8 Å². The van der Waals surface area contributed by atoms with Crippen molar-refractivity contribution in [3.63, 3.8) is 0 Å². The predicted molar refractivity (Wildman–Crippen MR) is 252 cm³/mol. The van der Waals surface area contributed by atoms with Gasteiger partial charge in [0.2, 0.25) is 0 Å². The van der Waals surface area contributed by atoms with Gasteiger partial charge in [0.25, 0.3) is 0 Å². The average molecular weight is 751 g/mol. The molecule has 59 heavy (non-hydrogen) atoms. The van der Waals surface area contributed by atoms with E-state index in [0.29, 0.717) is 0 Å². The number of hydrogen-bond donors (Lipinski definition) is 0. The minimum absolute atomic E-state index is 0.122. The first-order valence-electron chi connectivity index (χ1n) is 20.6. The summed E-state index contributed by atoms with van der Waals surface area (Å²) in [6, 6.07) is 74.4. The van der Waals surface area contributed by atoms with Crippen molar-refractivity contribution in [3.05, 3.63) is 211 Å². The highest BCUT2D eigenvalue weighted by Gasteiger charge is 2.38. The highest BCUT2D eigenvalue weighted by Crippen LogP contribution is 2.46. The lowest BCUT2D eigenvalue weighted by Gasteiger charge is -2.30. The van der Waals surface area contributed by atoms with Crippen LogP contribution in [-0.2, 0) is 0 Å². The molecule has 0 unspecified atom stereocenters. The van der Waals surface area contributed by atoms with Crippen molar-refractivity contribution in [2.45, 2.75) is 13.8 Å². The largest absolute Gasteiger partial charge is 0.375 e. The Kier molecular flexibility index (Phi) is 7.49. The summed E-state index contributed by atoms with van der Waals surface area (Å²) in [7, 11) is 0. The van der Waals surface area contributed by atoms with Crippen LogP contribution >= 0.6 is 0 Å². The van der Waals surface area contributed by atoms with Crippen molar-refractivity contribution in [2.75, 3.05) is 0 Å². The molecule has 0 aliphatic carbocycles. The van der Waals surface area contributed by atoms with E-state index in [1.54, 1.807) is 0 Å². The van der Waals surface area contributed by atoms with E-state index in [0.717, 1.165) is 0 Å². The number of rotatable bonds is 5. The van der Waals surface area contributed by atoms with E-state index in [-0.39, 0.29) is 6.85 Å². The zero-order valence-electron chi connectivity index (χ0n) is 33.0. The van der Waals surface area contributed by atoms with Gasteiger partial charge in [-0.1, -0.05) is 169 Å². The van der Waals surface area contributed by atoms with E-state index >= 15 is 0 Å². The maximum atomic E-state index is 2.74. The molecule has 0 bridgehead atoms. The number of para-hydroxylation sites is 1. The van der Waals surface area contributed by atoms with Crippen LogP contribution in [0.4, 0.5) is 0 Å². The van der Waals surface area contributed by atoms with Crippen LogP contribution in [-0.4, -0.2) is 15.9 Å². The summed E-state index contributed by atoms with van der Waals surface area (Å²) in [5, 5.41) is 5.09. The van der Waals surface area contributed by atoms with Gasteiger partial charge in [-0.15, -0.1) is 0 Å². The number of hydrogen-bond acceptors (Lipinski definition) is 0. The third-order valence-corrected chi connectivity index (χ3v) is 12.7. The molecule has 1 aliphatic heterocycles. The van der Waals surface area contributed by atoms with Gasteiger partial charge in [0.05, 0.1) is 11.0 Å². The average Bonchev–Trinajstić information content (AvgIpc) is 3.80. The van der Waals surface area contributed by atoms with Crippen molar-refractivity contribution in [1.29, 1.82) is 0 Å². The lowest BCUT2D eigenvalue weighted by molar-refractivity contribution is 1.17. The molecule has 9 aromatic carbocycles. The van der Waals surface area contributed by atoms with Gasteiger partial charge in [0.15, 0.2) is 0 Å². The van der Waals surface area contributed by atoms with Gasteiger partial charge >= 0.3 is 6.85 Å². The molecule has 12 rings (SSSR count). The maximum absolute atomic E-state index is 2.74. The SMILES string of the molecule is Cc1ccc2c3ccc(C)c4c3n(c2c1)-c1ccccc1B4n1c2c(-c3ccccc3)cc(-c3ccccc3)cc2c2cc(-c3ccccc3)cc(-c3ccccc3)c21. The molecule has 2 nitrogen and oxygen atoms in total. The molecule has 3 heterocycles. The molecule has 276 valence electrons. The lowest BCUT2D eigenvalue weighted by Crippen LogP contribution is -2.54. The van der Waals surface area contributed by atoms with E-state index in [1.807, 2.05) is 0 Å². The second-order valence-electron chi connectivity index (χ2n) is 16.2. The van der Waals surface area contributed by atoms with Crippen LogP contribution in [0.1, 0.15) is 11.1 Å². The molecule has 3 heteroatoms. The third kappa shape index (κ3) is 5.08. The second kappa shape index (κ2) is 13.1. The molecule has 2 aromatic heterocycles. The van der Waals surface area contributed by atoms with E-state index < -0.39 is 0 Å². The number of fused-ring (bicyclic) bond motifs is 8. The zero-order chi connectivity index (χ0) is 39.2. The van der Waals surface area contributed by atoms with Gasteiger partial charge in [0.1, 0.15) is 0 Å². The summed E-state index contributed by atoms with van der Waals surface area (Å²) in [4.78, 5) is 0. The van der Waals surface area contributed by atoms with Crippen LogP contribution in [0.25, 0.3) is 93.8 Å². The molecule has 0 amide bonds. The third-order valence-electron chi connectivity index (χ3n) is 12.7. The summed E-state index contributed by atoms with van der Waals surface area (Å²) in [6.45, 7) is 4.40. The molecule has 0 spiro atoms. The van der Waals surface area contributed by atoms with Crippen LogP contribution in [0.3, 0.4) is 0 Å².